The minimum Gasteiger partial charge on any atom is -0.350 e. The van der Waals surface area contributed by atoms with Gasteiger partial charge in [-0.3, -0.25) is 24.0 Å². The van der Waals surface area contributed by atoms with Crippen LogP contribution in [0, 0.1) is 40.4 Å². The highest BCUT2D eigenvalue weighted by molar-refractivity contribution is 6.38. The first-order chi connectivity index (χ1) is 27.1. The van der Waals surface area contributed by atoms with Crippen LogP contribution >= 0.6 is 0 Å². The molecule has 3 unspecified atom stereocenters. The van der Waals surface area contributed by atoms with E-state index in [1.807, 2.05) is 45.0 Å². The Morgan fingerprint density at radius 3 is 2.28 bits per heavy atom. The third-order valence-corrected chi connectivity index (χ3v) is 13.8. The Hall–Kier alpha value is -3.76. The molecule has 11 nitrogen and oxygen atoms in total. The lowest BCUT2D eigenvalue weighted by Crippen LogP contribution is -2.57. The highest BCUT2D eigenvalue weighted by atomic mass is 16.2. The van der Waals surface area contributed by atoms with Crippen molar-refractivity contribution in [2.75, 3.05) is 13.1 Å². The van der Waals surface area contributed by atoms with Gasteiger partial charge in [0.2, 0.25) is 11.7 Å². The van der Waals surface area contributed by atoms with Crippen molar-refractivity contribution in [3.8, 4) is 0 Å². The molecule has 1 aliphatic heterocycles. The van der Waals surface area contributed by atoms with Gasteiger partial charge < -0.3 is 26.2 Å². The topological polar surface area (TPSA) is 154 Å². The second-order valence-corrected chi connectivity index (χ2v) is 19.2. The molecule has 0 bridgehead atoms. The molecule has 3 saturated carbocycles. The molecule has 3 fully saturated rings. The number of likely N-dealkylation sites (N-methyl/N-ethyl adjacent to an activating group) is 1. The monoisotopic (exact) mass is 790 g/mol. The van der Waals surface area contributed by atoms with Crippen molar-refractivity contribution in [2.24, 2.45) is 40.4 Å². The van der Waals surface area contributed by atoms with E-state index in [-0.39, 0.29) is 64.1 Å². The van der Waals surface area contributed by atoms with Crippen molar-refractivity contribution in [3.05, 3.63) is 35.4 Å². The van der Waals surface area contributed by atoms with E-state index < -0.39 is 29.8 Å². The van der Waals surface area contributed by atoms with Gasteiger partial charge in [-0.25, -0.2) is 4.79 Å². The molecule has 0 saturated heterocycles. The van der Waals surface area contributed by atoms with Crippen molar-refractivity contribution in [1.82, 2.24) is 26.2 Å². The van der Waals surface area contributed by atoms with Crippen LogP contribution in [-0.4, -0.2) is 71.4 Å². The molecule has 1 aromatic carbocycles. The summed E-state index contributed by atoms with van der Waals surface area (Å²) >= 11 is 0. The molecule has 0 spiro atoms. The minimum atomic E-state index is -0.875. The Morgan fingerprint density at radius 2 is 1.63 bits per heavy atom. The summed E-state index contributed by atoms with van der Waals surface area (Å²) in [5.74, 6) is -1.44. The normalized spacial score (nSPS) is 24.8. The highest BCUT2D eigenvalue weighted by Crippen LogP contribution is 2.68. The van der Waals surface area contributed by atoms with Crippen LogP contribution in [0.15, 0.2) is 24.3 Å². The first-order valence-electron chi connectivity index (χ1n) is 22.2. The lowest BCUT2D eigenvalue weighted by molar-refractivity contribution is -0.141. The molecular weight excluding hydrogens is 719 g/mol. The summed E-state index contributed by atoms with van der Waals surface area (Å²) in [6.07, 6.45) is 11.7. The van der Waals surface area contributed by atoms with Crippen molar-refractivity contribution in [2.45, 2.75) is 163 Å². The molecule has 4 N–H and O–H groups in total. The molecule has 0 aromatic heterocycles. The highest BCUT2D eigenvalue weighted by Gasteiger charge is 2.64. The molecule has 5 rings (SSSR count). The maximum atomic E-state index is 14.6. The SMILES string of the molecule is CCCCCCC(NC(=O)[C@H]1C2CC2(CC(=O)[C@@H](NC(=O)N[C@H](CN2Cc3ccccc3C2=O)C(C)(C)C)C2CCCCC2)CC[C@@H]1C(C)C)C(=O)C(=O)NCC. The zero-order chi connectivity index (χ0) is 41.5. The summed E-state index contributed by atoms with van der Waals surface area (Å²) < 4.78 is 0. The number of hydrogen-bond donors (Lipinski definition) is 4. The van der Waals surface area contributed by atoms with Crippen molar-refractivity contribution in [3.63, 3.8) is 0 Å². The molecule has 0 radical (unpaired) electrons. The fourth-order valence-corrected chi connectivity index (χ4v) is 10.2. The molecule has 316 valence electrons. The van der Waals surface area contributed by atoms with Crippen LogP contribution in [0.25, 0.3) is 0 Å². The van der Waals surface area contributed by atoms with Crippen LogP contribution in [0.2, 0.25) is 0 Å². The summed E-state index contributed by atoms with van der Waals surface area (Å²) in [5, 5.41) is 12.0. The molecular formula is C46H71N5O6. The number of carbonyl (C=O) groups excluding carboxylic acids is 6. The summed E-state index contributed by atoms with van der Waals surface area (Å²) in [7, 11) is 0. The number of Topliss-reactive ketones (excluding diaryl/α,β-unsaturated/α-hetero) is 2. The largest absolute Gasteiger partial charge is 0.350 e. The second-order valence-electron chi connectivity index (χ2n) is 19.2. The Labute approximate surface area is 341 Å². The van der Waals surface area contributed by atoms with Crippen LogP contribution < -0.4 is 21.3 Å². The van der Waals surface area contributed by atoms with E-state index in [1.165, 1.54) is 0 Å². The van der Waals surface area contributed by atoms with E-state index in [1.54, 1.807) is 11.8 Å². The molecule has 57 heavy (non-hydrogen) atoms. The Bertz CT molecular complexity index is 1610. The van der Waals surface area contributed by atoms with E-state index in [2.05, 4.69) is 42.0 Å². The van der Waals surface area contributed by atoms with Gasteiger partial charge in [-0.15, -0.1) is 0 Å². The molecule has 5 amide bonds. The van der Waals surface area contributed by atoms with Crippen molar-refractivity contribution in [1.29, 1.82) is 0 Å². The van der Waals surface area contributed by atoms with E-state index in [0.29, 0.717) is 38.0 Å². The maximum absolute atomic E-state index is 14.6. The van der Waals surface area contributed by atoms with Crippen LogP contribution in [0.1, 0.15) is 154 Å². The number of carbonyl (C=O) groups is 6. The summed E-state index contributed by atoms with van der Waals surface area (Å²) in [5.41, 5.74) is 1.00. The van der Waals surface area contributed by atoms with E-state index in [0.717, 1.165) is 82.6 Å². The number of ketones is 2. The molecule has 4 aliphatic rings. The van der Waals surface area contributed by atoms with Crippen LogP contribution in [0.4, 0.5) is 4.79 Å². The third kappa shape index (κ3) is 10.8. The van der Waals surface area contributed by atoms with Gasteiger partial charge in [-0.05, 0) is 91.6 Å². The van der Waals surface area contributed by atoms with Crippen LogP contribution in [0.5, 0.6) is 0 Å². The predicted molar refractivity (Wildman–Crippen MR) is 222 cm³/mol. The molecule has 11 heteroatoms. The van der Waals surface area contributed by atoms with Gasteiger partial charge in [0.1, 0.15) is 0 Å². The number of hydrogen-bond acceptors (Lipinski definition) is 6. The fraction of sp³-hybridized carbons (Fsp3) is 0.739. The number of fused-ring (bicyclic) bond motifs is 2. The van der Waals surface area contributed by atoms with Gasteiger partial charge in [0.25, 0.3) is 11.8 Å². The van der Waals surface area contributed by atoms with Gasteiger partial charge in [-0.2, -0.15) is 0 Å². The van der Waals surface area contributed by atoms with Gasteiger partial charge in [0, 0.05) is 37.5 Å². The van der Waals surface area contributed by atoms with Crippen molar-refractivity contribution < 1.29 is 28.8 Å². The van der Waals surface area contributed by atoms with Crippen LogP contribution in [-0.2, 0) is 25.7 Å². The number of nitrogens with one attached hydrogen (secondary N) is 4. The Kier molecular flexibility index (Phi) is 15.0. The number of unbranched alkanes of at least 4 members (excludes halogenated alkanes) is 3. The predicted octanol–water partition coefficient (Wildman–Crippen LogP) is 7.11. The smallest absolute Gasteiger partial charge is 0.315 e. The van der Waals surface area contributed by atoms with E-state index in [9.17, 15) is 28.8 Å². The first kappa shape index (κ1) is 44.3. The van der Waals surface area contributed by atoms with Gasteiger partial charge in [-0.1, -0.05) is 105 Å². The summed E-state index contributed by atoms with van der Waals surface area (Å²) in [4.78, 5) is 83.8. The van der Waals surface area contributed by atoms with Gasteiger partial charge in [0.15, 0.2) is 5.78 Å². The number of nitrogens with zero attached hydrogens (tertiary/aromatic N) is 1. The fourth-order valence-electron chi connectivity index (χ4n) is 10.2. The number of benzene rings is 1. The first-order valence-corrected chi connectivity index (χ1v) is 22.2. The molecule has 7 atom stereocenters. The molecule has 3 aliphatic carbocycles. The van der Waals surface area contributed by atoms with Gasteiger partial charge in [0.05, 0.1) is 18.1 Å². The lowest BCUT2D eigenvalue weighted by Gasteiger charge is -2.39. The number of urea groups is 1. The number of rotatable bonds is 19. The molecule has 1 aromatic rings. The zero-order valence-electron chi connectivity index (χ0n) is 35.8. The summed E-state index contributed by atoms with van der Waals surface area (Å²) in [6.45, 7) is 15.5. The average Bonchev–Trinajstić information content (AvgIpc) is 3.81. The Balaban J connectivity index is 1.29. The van der Waals surface area contributed by atoms with Gasteiger partial charge >= 0.3 is 6.03 Å². The quantitative estimate of drug-likeness (QED) is 0.0866. The maximum Gasteiger partial charge on any atom is 0.315 e. The van der Waals surface area contributed by atoms with Crippen LogP contribution in [0.3, 0.4) is 0 Å². The van der Waals surface area contributed by atoms with E-state index in [4.69, 9.17) is 0 Å². The second kappa shape index (κ2) is 19.3. The molecule has 1 heterocycles. The summed E-state index contributed by atoms with van der Waals surface area (Å²) in [6, 6.07) is 5.35. The van der Waals surface area contributed by atoms with E-state index >= 15 is 0 Å². The zero-order valence-corrected chi connectivity index (χ0v) is 35.8. The standard InChI is InChI=1S/C46H71N5O6/c1-8-10-11-15-22-35(40(53)42(55)47-9-2)48-41(54)38-32(29(3)4)23-24-46(25-34(38)46)26-36(52)39(30-18-13-12-14-19-30)50-44(57)49-37(45(5,6)7)28-51-27-31-20-16-17-21-33(31)43(51)56/h16-17,20-21,29-30,32,34-35,37-39H,8-15,18-19,22-28H2,1-7H3,(H,47,55)(H,48,54)(H2,49,50,57)/t32-,34?,35?,37-,38-,39+,46?/m1/s1. The third-order valence-electron chi connectivity index (χ3n) is 13.8. The average molecular weight is 790 g/mol. The van der Waals surface area contributed by atoms with Crippen molar-refractivity contribution >= 4 is 35.3 Å². The number of amides is 5. The lowest BCUT2D eigenvalue weighted by atomic mass is 9.67. The Morgan fingerprint density at radius 1 is 0.912 bits per heavy atom. The minimum absolute atomic E-state index is 0.00358.